The first-order valence-corrected chi connectivity index (χ1v) is 3.65. The average molecular weight is 166 g/mol. The molecule has 1 aromatic rings. The predicted molar refractivity (Wildman–Crippen MR) is 38.7 cm³/mol. The lowest BCUT2D eigenvalue weighted by Gasteiger charge is -1.95. The topological polar surface area (TPSA) is 50.4 Å². The molecule has 0 aromatic carbocycles. The quantitative estimate of drug-likeness (QED) is 0.589. The van der Waals surface area contributed by atoms with Gasteiger partial charge in [-0.05, 0) is 6.07 Å². The largest absolute Gasteiger partial charge is 0.478 e. The normalized spacial score (nSPS) is 19.8. The zero-order valence-corrected chi connectivity index (χ0v) is 6.30. The van der Waals surface area contributed by atoms with Crippen molar-refractivity contribution in [1.82, 2.24) is 0 Å². The number of ether oxygens (including phenoxy) is 1. The summed E-state index contributed by atoms with van der Waals surface area (Å²) in [5.41, 5.74) is 0. The summed E-state index contributed by atoms with van der Waals surface area (Å²) in [6, 6.07) is 5.41. The van der Waals surface area contributed by atoms with Crippen molar-refractivity contribution in [3.63, 3.8) is 0 Å². The van der Waals surface area contributed by atoms with Crippen LogP contribution in [0, 0.1) is 0 Å². The Morgan fingerprint density at radius 3 is 3.17 bits per heavy atom. The minimum Gasteiger partial charge on any atom is -0.478 e. The van der Waals surface area contributed by atoms with Gasteiger partial charge in [-0.2, -0.15) is 4.57 Å². The molecule has 0 fully saturated rings. The third-order valence-electron chi connectivity index (χ3n) is 1.80. The van der Waals surface area contributed by atoms with Crippen LogP contribution in [0.25, 0.3) is 0 Å². The van der Waals surface area contributed by atoms with Crippen LogP contribution in [0.1, 0.15) is 0 Å². The minimum absolute atomic E-state index is 0.394. The molecule has 62 valence electrons. The molecule has 1 aliphatic rings. The lowest BCUT2D eigenvalue weighted by Crippen LogP contribution is -2.35. The molecule has 0 amide bonds. The van der Waals surface area contributed by atoms with E-state index in [1.54, 1.807) is 16.8 Å². The second kappa shape index (κ2) is 2.48. The van der Waals surface area contributed by atoms with Crippen molar-refractivity contribution in [2.45, 2.75) is 12.6 Å². The number of carboxylic acid groups (broad SMARTS) is 1. The monoisotopic (exact) mass is 166 g/mol. The summed E-state index contributed by atoms with van der Waals surface area (Å²) < 4.78 is 6.91. The molecule has 1 aromatic heterocycles. The van der Waals surface area contributed by atoms with Gasteiger partial charge in [-0.15, -0.1) is 0 Å². The average Bonchev–Trinajstić information content (AvgIpc) is 2.46. The first-order chi connectivity index (χ1) is 5.77. The second-order valence-corrected chi connectivity index (χ2v) is 2.64. The van der Waals surface area contributed by atoms with Gasteiger partial charge >= 0.3 is 11.8 Å². The molecule has 1 atom stereocenters. The van der Waals surface area contributed by atoms with Crippen molar-refractivity contribution in [2.24, 2.45) is 0 Å². The molecule has 2 rings (SSSR count). The highest BCUT2D eigenvalue weighted by molar-refractivity contribution is 5.72. The number of rotatable bonds is 1. The van der Waals surface area contributed by atoms with Crippen molar-refractivity contribution in [1.29, 1.82) is 0 Å². The van der Waals surface area contributed by atoms with Gasteiger partial charge in [-0.25, -0.2) is 4.79 Å². The fourth-order valence-corrected chi connectivity index (χ4v) is 1.21. The highest BCUT2D eigenvalue weighted by Crippen LogP contribution is 2.12. The Morgan fingerprint density at radius 1 is 1.67 bits per heavy atom. The predicted octanol–water partition coefficient (Wildman–Crippen LogP) is -0.180. The maximum atomic E-state index is 10.5. The van der Waals surface area contributed by atoms with E-state index < -0.39 is 12.1 Å². The number of pyridine rings is 1. The van der Waals surface area contributed by atoms with Gasteiger partial charge in [0.1, 0.15) is 0 Å². The van der Waals surface area contributed by atoms with E-state index in [4.69, 9.17) is 9.84 Å². The van der Waals surface area contributed by atoms with Crippen LogP contribution in [-0.2, 0) is 11.3 Å². The molecule has 12 heavy (non-hydrogen) atoms. The first-order valence-electron chi connectivity index (χ1n) is 3.65. The Kier molecular flexibility index (Phi) is 1.46. The lowest BCUT2D eigenvalue weighted by atomic mass is 10.4. The molecule has 4 heteroatoms. The van der Waals surface area contributed by atoms with E-state index in [-0.39, 0.29) is 0 Å². The van der Waals surface area contributed by atoms with Crippen molar-refractivity contribution in [3.05, 3.63) is 24.4 Å². The van der Waals surface area contributed by atoms with E-state index >= 15 is 0 Å². The number of fused-ring (bicyclic) bond motifs is 1. The van der Waals surface area contributed by atoms with Crippen LogP contribution in [0.2, 0.25) is 0 Å². The molecule has 0 spiro atoms. The number of carbonyl (C=O) groups is 1. The molecule has 2 heterocycles. The van der Waals surface area contributed by atoms with Gasteiger partial charge in [0.15, 0.2) is 12.7 Å². The summed E-state index contributed by atoms with van der Waals surface area (Å²) in [6.45, 7) is 0.394. The van der Waals surface area contributed by atoms with Crippen molar-refractivity contribution in [3.8, 4) is 5.88 Å². The highest BCUT2D eigenvalue weighted by atomic mass is 16.5. The fourth-order valence-electron chi connectivity index (χ4n) is 1.21. The molecule has 0 saturated heterocycles. The summed E-state index contributed by atoms with van der Waals surface area (Å²) >= 11 is 0. The van der Waals surface area contributed by atoms with E-state index in [1.165, 1.54) is 0 Å². The maximum absolute atomic E-state index is 10.5. The van der Waals surface area contributed by atoms with E-state index in [0.29, 0.717) is 12.4 Å². The zero-order valence-electron chi connectivity index (χ0n) is 6.30. The summed E-state index contributed by atoms with van der Waals surface area (Å²) in [4.78, 5) is 10.5. The fraction of sp³-hybridized carbons (Fsp3) is 0.250. The maximum Gasteiger partial charge on any atom is 0.369 e. The molecule has 0 bridgehead atoms. The van der Waals surface area contributed by atoms with Gasteiger partial charge < -0.3 is 9.84 Å². The number of carboxylic acids is 1. The molecular formula is C8H8NO3+. The summed E-state index contributed by atoms with van der Waals surface area (Å²) in [6.07, 6.45) is 1.07. The Balaban J connectivity index is 2.27. The molecule has 1 aliphatic heterocycles. The Hall–Kier alpha value is -1.58. The van der Waals surface area contributed by atoms with Crippen molar-refractivity contribution < 1.29 is 19.2 Å². The summed E-state index contributed by atoms with van der Waals surface area (Å²) in [7, 11) is 0. The van der Waals surface area contributed by atoms with Crippen LogP contribution < -0.4 is 9.30 Å². The molecule has 4 nitrogen and oxygen atoms in total. The van der Waals surface area contributed by atoms with Crippen LogP contribution in [0.15, 0.2) is 24.4 Å². The third kappa shape index (κ3) is 1.01. The number of nitrogens with zero attached hydrogens (tertiary/aromatic N) is 1. The highest BCUT2D eigenvalue weighted by Gasteiger charge is 2.34. The van der Waals surface area contributed by atoms with Gasteiger partial charge in [-0.1, -0.05) is 0 Å². The number of hydrogen-bond donors (Lipinski definition) is 1. The van der Waals surface area contributed by atoms with Crippen LogP contribution in [0.4, 0.5) is 0 Å². The molecule has 1 N–H and O–H groups in total. The molecule has 1 unspecified atom stereocenters. The van der Waals surface area contributed by atoms with Crippen molar-refractivity contribution in [2.75, 3.05) is 0 Å². The van der Waals surface area contributed by atoms with Gasteiger partial charge in [-0.3, -0.25) is 0 Å². The lowest BCUT2D eigenvalue weighted by molar-refractivity contribution is -0.681. The van der Waals surface area contributed by atoms with E-state index in [1.807, 2.05) is 12.1 Å². The van der Waals surface area contributed by atoms with E-state index in [2.05, 4.69) is 0 Å². The molecule has 0 radical (unpaired) electrons. The Morgan fingerprint density at radius 2 is 2.50 bits per heavy atom. The third-order valence-corrected chi connectivity index (χ3v) is 1.80. The smallest absolute Gasteiger partial charge is 0.369 e. The Bertz CT molecular complexity index is 299. The van der Waals surface area contributed by atoms with E-state index in [9.17, 15) is 4.79 Å². The molecular weight excluding hydrogens is 158 g/mol. The SMILES string of the molecule is O=C(O)C1C[n+]2ccccc2O1. The number of hydrogen-bond acceptors (Lipinski definition) is 2. The van der Waals surface area contributed by atoms with Crippen LogP contribution >= 0.6 is 0 Å². The van der Waals surface area contributed by atoms with Crippen molar-refractivity contribution >= 4 is 5.97 Å². The van der Waals surface area contributed by atoms with E-state index in [0.717, 1.165) is 0 Å². The van der Waals surface area contributed by atoms with Crippen LogP contribution in [0.3, 0.4) is 0 Å². The second-order valence-electron chi connectivity index (χ2n) is 2.64. The molecule has 0 aliphatic carbocycles. The van der Waals surface area contributed by atoms with Crippen LogP contribution in [-0.4, -0.2) is 17.2 Å². The standard InChI is InChI=1S/C8H7NO3/c10-8(11)6-5-9-4-2-1-3-7(9)12-6/h1-4,6H,5H2/p+1. The number of aromatic nitrogens is 1. The molecule has 0 saturated carbocycles. The summed E-state index contributed by atoms with van der Waals surface area (Å²) in [5.74, 6) is -0.302. The van der Waals surface area contributed by atoms with Crippen LogP contribution in [0.5, 0.6) is 5.88 Å². The van der Waals surface area contributed by atoms with Gasteiger partial charge in [0.25, 0.3) is 6.10 Å². The van der Waals surface area contributed by atoms with Gasteiger partial charge in [0, 0.05) is 6.07 Å². The first kappa shape index (κ1) is 7.09. The zero-order chi connectivity index (χ0) is 8.55. The Labute approximate surface area is 69.0 Å². The minimum atomic E-state index is -0.918. The van der Waals surface area contributed by atoms with Gasteiger partial charge in [0.2, 0.25) is 0 Å². The summed E-state index contributed by atoms with van der Waals surface area (Å²) in [5, 5.41) is 8.65. The number of aliphatic carboxylic acids is 1. The van der Waals surface area contributed by atoms with Gasteiger partial charge in [0.05, 0.1) is 6.07 Å².